The second-order valence-electron chi connectivity index (χ2n) is 3.48. The molecule has 0 saturated carbocycles. The van der Waals surface area contributed by atoms with Gasteiger partial charge in [-0.1, -0.05) is 0 Å². The summed E-state index contributed by atoms with van der Waals surface area (Å²) in [6, 6.07) is 7.27. The molecule has 0 atom stereocenters. The number of rotatable bonds is 4. The minimum absolute atomic E-state index is 0.0392. The van der Waals surface area contributed by atoms with Crippen molar-refractivity contribution in [3.63, 3.8) is 0 Å². The average Bonchev–Trinajstić information content (AvgIpc) is 2.89. The van der Waals surface area contributed by atoms with Crippen LogP contribution in [0.25, 0.3) is 11.3 Å². The van der Waals surface area contributed by atoms with E-state index in [2.05, 4.69) is 4.98 Å². The predicted octanol–water partition coefficient (Wildman–Crippen LogP) is 2.53. The number of nitrogens with zero attached hydrogens (tertiary/aromatic N) is 1. The molecule has 2 rings (SSSR count). The zero-order valence-corrected chi connectivity index (χ0v) is 10.2. The first-order valence-electron chi connectivity index (χ1n) is 5.52. The summed E-state index contributed by atoms with van der Waals surface area (Å²) in [6.45, 7) is 2.02. The van der Waals surface area contributed by atoms with Crippen LogP contribution >= 0.6 is 0 Å². The van der Waals surface area contributed by atoms with Crippen LogP contribution < -0.4 is 4.74 Å². The summed E-state index contributed by atoms with van der Waals surface area (Å²) < 4.78 is 15.2. The SMILES string of the molecule is CCOC(=O)c1ncc(-c2ccc(OC)cc2)o1. The normalized spacial score (nSPS) is 10.1. The summed E-state index contributed by atoms with van der Waals surface area (Å²) in [5, 5.41) is 0. The van der Waals surface area contributed by atoms with Crippen molar-refractivity contribution in [2.24, 2.45) is 0 Å². The third kappa shape index (κ3) is 2.51. The van der Waals surface area contributed by atoms with Gasteiger partial charge in [-0.15, -0.1) is 0 Å². The van der Waals surface area contributed by atoms with Crippen LogP contribution in [0.4, 0.5) is 0 Å². The molecular formula is C13H13NO4. The van der Waals surface area contributed by atoms with Crippen molar-refractivity contribution in [1.82, 2.24) is 4.98 Å². The molecule has 5 nitrogen and oxygen atoms in total. The van der Waals surface area contributed by atoms with E-state index in [0.29, 0.717) is 12.4 Å². The van der Waals surface area contributed by atoms with E-state index in [-0.39, 0.29) is 5.89 Å². The van der Waals surface area contributed by atoms with E-state index in [1.165, 1.54) is 6.20 Å². The summed E-state index contributed by atoms with van der Waals surface area (Å²) in [6.07, 6.45) is 1.49. The lowest BCUT2D eigenvalue weighted by Gasteiger charge is -2.00. The van der Waals surface area contributed by atoms with E-state index in [0.717, 1.165) is 11.3 Å². The first-order valence-corrected chi connectivity index (χ1v) is 5.52. The van der Waals surface area contributed by atoms with Crippen LogP contribution in [0.2, 0.25) is 0 Å². The highest BCUT2D eigenvalue weighted by Crippen LogP contribution is 2.23. The molecule has 0 radical (unpaired) electrons. The fraction of sp³-hybridized carbons (Fsp3) is 0.231. The third-order valence-corrected chi connectivity index (χ3v) is 2.33. The zero-order valence-electron chi connectivity index (χ0n) is 10.2. The van der Waals surface area contributed by atoms with Crippen LogP contribution in [0, 0.1) is 0 Å². The highest BCUT2D eigenvalue weighted by Gasteiger charge is 2.14. The molecular weight excluding hydrogens is 234 g/mol. The van der Waals surface area contributed by atoms with Gasteiger partial charge in [0.25, 0.3) is 0 Å². The largest absolute Gasteiger partial charge is 0.497 e. The number of oxazole rings is 1. The van der Waals surface area contributed by atoms with Crippen molar-refractivity contribution in [1.29, 1.82) is 0 Å². The number of hydrogen-bond acceptors (Lipinski definition) is 5. The van der Waals surface area contributed by atoms with Gasteiger partial charge in [0.2, 0.25) is 0 Å². The van der Waals surface area contributed by atoms with Gasteiger partial charge < -0.3 is 13.9 Å². The molecule has 0 aliphatic rings. The van der Waals surface area contributed by atoms with Crippen molar-refractivity contribution >= 4 is 5.97 Å². The van der Waals surface area contributed by atoms with Crippen LogP contribution in [0.1, 0.15) is 17.6 Å². The Bertz CT molecular complexity index is 530. The summed E-state index contributed by atoms with van der Waals surface area (Å²) in [5.41, 5.74) is 0.818. The standard InChI is InChI=1S/C13H13NO4/c1-3-17-13(15)12-14-8-11(18-12)9-4-6-10(16-2)7-5-9/h4-8H,3H2,1-2H3. The molecule has 1 heterocycles. The van der Waals surface area contributed by atoms with Crippen LogP contribution in [0.15, 0.2) is 34.9 Å². The Balaban J connectivity index is 2.20. The lowest BCUT2D eigenvalue weighted by molar-refractivity contribution is 0.0482. The molecule has 18 heavy (non-hydrogen) atoms. The van der Waals surface area contributed by atoms with E-state index in [4.69, 9.17) is 13.9 Å². The maximum Gasteiger partial charge on any atom is 0.394 e. The van der Waals surface area contributed by atoms with E-state index >= 15 is 0 Å². The van der Waals surface area contributed by atoms with Crippen molar-refractivity contribution in [2.45, 2.75) is 6.92 Å². The number of esters is 1. The maximum absolute atomic E-state index is 11.4. The lowest BCUT2D eigenvalue weighted by Crippen LogP contribution is -2.04. The van der Waals surface area contributed by atoms with Gasteiger partial charge in [0.15, 0.2) is 5.76 Å². The Hall–Kier alpha value is -2.30. The summed E-state index contributed by atoms with van der Waals surface area (Å²) in [7, 11) is 1.60. The third-order valence-electron chi connectivity index (χ3n) is 2.33. The summed E-state index contributed by atoms with van der Waals surface area (Å²) in [5.74, 6) is 0.671. The highest BCUT2D eigenvalue weighted by molar-refractivity contribution is 5.84. The Morgan fingerprint density at radius 1 is 1.33 bits per heavy atom. The van der Waals surface area contributed by atoms with Crippen LogP contribution in [0.5, 0.6) is 5.75 Å². The average molecular weight is 247 g/mol. The number of hydrogen-bond donors (Lipinski definition) is 0. The molecule has 1 aromatic heterocycles. The predicted molar refractivity (Wildman–Crippen MR) is 64.4 cm³/mol. The van der Waals surface area contributed by atoms with Crippen LogP contribution in [-0.4, -0.2) is 24.7 Å². The second kappa shape index (κ2) is 5.35. The molecule has 5 heteroatoms. The Kier molecular flexibility index (Phi) is 3.62. The minimum atomic E-state index is -0.558. The van der Waals surface area contributed by atoms with Gasteiger partial charge >= 0.3 is 11.9 Å². The molecule has 0 saturated heterocycles. The van der Waals surface area contributed by atoms with E-state index in [1.54, 1.807) is 14.0 Å². The summed E-state index contributed by atoms with van der Waals surface area (Å²) in [4.78, 5) is 15.3. The van der Waals surface area contributed by atoms with Crippen molar-refractivity contribution in [3.8, 4) is 17.1 Å². The molecule has 0 unspecified atom stereocenters. The molecule has 0 fully saturated rings. The van der Waals surface area contributed by atoms with Gasteiger partial charge in [-0.2, -0.15) is 0 Å². The number of ether oxygens (including phenoxy) is 2. The molecule has 0 aliphatic carbocycles. The minimum Gasteiger partial charge on any atom is -0.497 e. The number of methoxy groups -OCH3 is 1. The Morgan fingerprint density at radius 3 is 2.67 bits per heavy atom. The molecule has 0 bridgehead atoms. The quantitative estimate of drug-likeness (QED) is 0.777. The molecule has 94 valence electrons. The second-order valence-corrected chi connectivity index (χ2v) is 3.48. The van der Waals surface area contributed by atoms with Gasteiger partial charge in [-0.05, 0) is 31.2 Å². The van der Waals surface area contributed by atoms with Gasteiger partial charge in [0, 0.05) is 5.56 Å². The van der Waals surface area contributed by atoms with Gasteiger partial charge in [-0.3, -0.25) is 0 Å². The fourth-order valence-corrected chi connectivity index (χ4v) is 1.45. The maximum atomic E-state index is 11.4. The van der Waals surface area contributed by atoms with Gasteiger partial charge in [-0.25, -0.2) is 9.78 Å². The monoisotopic (exact) mass is 247 g/mol. The van der Waals surface area contributed by atoms with Crippen LogP contribution in [0.3, 0.4) is 0 Å². The topological polar surface area (TPSA) is 61.6 Å². The summed E-state index contributed by atoms with van der Waals surface area (Å²) >= 11 is 0. The van der Waals surface area contributed by atoms with E-state index < -0.39 is 5.97 Å². The molecule has 0 spiro atoms. The van der Waals surface area contributed by atoms with Crippen molar-refractivity contribution < 1.29 is 18.7 Å². The Labute approximate surface area is 104 Å². The number of carbonyl (C=O) groups is 1. The zero-order chi connectivity index (χ0) is 13.0. The molecule has 1 aromatic carbocycles. The smallest absolute Gasteiger partial charge is 0.394 e. The lowest BCUT2D eigenvalue weighted by atomic mass is 10.2. The van der Waals surface area contributed by atoms with Crippen molar-refractivity contribution in [2.75, 3.05) is 13.7 Å². The molecule has 0 aliphatic heterocycles. The van der Waals surface area contributed by atoms with Gasteiger partial charge in [0.05, 0.1) is 19.9 Å². The van der Waals surface area contributed by atoms with E-state index in [9.17, 15) is 4.79 Å². The Morgan fingerprint density at radius 2 is 2.06 bits per heavy atom. The molecule has 2 aromatic rings. The number of aromatic nitrogens is 1. The highest BCUT2D eigenvalue weighted by atomic mass is 16.5. The fourth-order valence-electron chi connectivity index (χ4n) is 1.45. The number of carbonyl (C=O) groups excluding carboxylic acids is 1. The van der Waals surface area contributed by atoms with Crippen LogP contribution in [-0.2, 0) is 4.74 Å². The van der Waals surface area contributed by atoms with Crippen molar-refractivity contribution in [3.05, 3.63) is 36.4 Å². The first kappa shape index (κ1) is 12.2. The molecule has 0 N–H and O–H groups in total. The van der Waals surface area contributed by atoms with Gasteiger partial charge in [0.1, 0.15) is 5.75 Å². The first-order chi connectivity index (χ1) is 8.74. The molecule has 0 amide bonds. The number of benzene rings is 1. The van der Waals surface area contributed by atoms with E-state index in [1.807, 2.05) is 24.3 Å².